The molecule has 0 aliphatic carbocycles. The van der Waals surface area contributed by atoms with Crippen LogP contribution in [0.5, 0.6) is 0 Å². The summed E-state index contributed by atoms with van der Waals surface area (Å²) in [6.45, 7) is 8.72. The standard InChI is InChI=1S/C10H17NO4/c1-7(8(12)14-5)6-11-9(13)15-10(2,3)4/h1,6H2,2-5H3,(H,11,13). The van der Waals surface area contributed by atoms with E-state index in [1.165, 1.54) is 7.11 Å². The minimum Gasteiger partial charge on any atom is -0.466 e. The number of alkyl carbamates (subject to hydrolysis) is 1. The summed E-state index contributed by atoms with van der Waals surface area (Å²) in [5.74, 6) is -0.550. The second kappa shape index (κ2) is 5.38. The lowest BCUT2D eigenvalue weighted by atomic mass is 10.2. The minimum absolute atomic E-state index is 0.0155. The average Bonchev–Trinajstić information content (AvgIpc) is 2.10. The Morgan fingerprint density at radius 1 is 1.33 bits per heavy atom. The Kier molecular flexibility index (Phi) is 4.84. The van der Waals surface area contributed by atoms with Crippen molar-refractivity contribution in [3.63, 3.8) is 0 Å². The van der Waals surface area contributed by atoms with Gasteiger partial charge in [0.1, 0.15) is 5.60 Å². The summed E-state index contributed by atoms with van der Waals surface area (Å²) >= 11 is 0. The summed E-state index contributed by atoms with van der Waals surface area (Å²) in [6, 6.07) is 0. The third-order valence-electron chi connectivity index (χ3n) is 1.32. The quantitative estimate of drug-likeness (QED) is 0.568. The van der Waals surface area contributed by atoms with Crippen molar-refractivity contribution < 1.29 is 19.1 Å². The van der Waals surface area contributed by atoms with Crippen molar-refractivity contribution in [3.05, 3.63) is 12.2 Å². The molecule has 1 N–H and O–H groups in total. The third kappa shape index (κ3) is 6.54. The van der Waals surface area contributed by atoms with E-state index in [9.17, 15) is 9.59 Å². The molecule has 0 saturated heterocycles. The molecule has 0 atom stereocenters. The Morgan fingerprint density at radius 3 is 2.27 bits per heavy atom. The van der Waals surface area contributed by atoms with Gasteiger partial charge in [0.05, 0.1) is 13.7 Å². The fourth-order valence-electron chi connectivity index (χ4n) is 0.710. The molecule has 5 nitrogen and oxygen atoms in total. The lowest BCUT2D eigenvalue weighted by Gasteiger charge is -2.19. The van der Waals surface area contributed by atoms with E-state index in [1.54, 1.807) is 20.8 Å². The van der Waals surface area contributed by atoms with Crippen LogP contribution in [-0.2, 0) is 14.3 Å². The third-order valence-corrected chi connectivity index (χ3v) is 1.32. The maximum absolute atomic E-state index is 11.1. The van der Waals surface area contributed by atoms with Gasteiger partial charge in [-0.3, -0.25) is 0 Å². The van der Waals surface area contributed by atoms with Crippen LogP contribution in [0.2, 0.25) is 0 Å². The molecule has 0 spiro atoms. The van der Waals surface area contributed by atoms with Crippen LogP contribution in [0.4, 0.5) is 4.79 Å². The van der Waals surface area contributed by atoms with E-state index in [1.807, 2.05) is 0 Å². The van der Waals surface area contributed by atoms with E-state index in [4.69, 9.17) is 4.74 Å². The first kappa shape index (κ1) is 13.5. The van der Waals surface area contributed by atoms with Crippen molar-refractivity contribution in [3.8, 4) is 0 Å². The zero-order valence-corrected chi connectivity index (χ0v) is 9.55. The molecule has 0 heterocycles. The predicted octanol–water partition coefficient (Wildman–Crippen LogP) is 1.24. The number of ether oxygens (including phenoxy) is 2. The molecule has 1 amide bonds. The molecular formula is C10H17NO4. The molecule has 0 bridgehead atoms. The number of methoxy groups -OCH3 is 1. The number of amides is 1. The van der Waals surface area contributed by atoms with Gasteiger partial charge in [-0.25, -0.2) is 9.59 Å². The number of carbonyl (C=O) groups is 2. The summed E-state index contributed by atoms with van der Waals surface area (Å²) < 4.78 is 9.37. The summed E-state index contributed by atoms with van der Waals surface area (Å²) in [5, 5.41) is 2.39. The van der Waals surface area contributed by atoms with Crippen molar-refractivity contribution >= 4 is 12.1 Å². The lowest BCUT2D eigenvalue weighted by Crippen LogP contribution is -2.34. The fourth-order valence-corrected chi connectivity index (χ4v) is 0.710. The van der Waals surface area contributed by atoms with Crippen LogP contribution >= 0.6 is 0 Å². The van der Waals surface area contributed by atoms with E-state index in [0.29, 0.717) is 0 Å². The van der Waals surface area contributed by atoms with Crippen molar-refractivity contribution in [1.82, 2.24) is 5.32 Å². The molecule has 0 aromatic rings. The van der Waals surface area contributed by atoms with Crippen molar-refractivity contribution in [2.24, 2.45) is 0 Å². The summed E-state index contributed by atoms with van der Waals surface area (Å²) in [4.78, 5) is 22.0. The first-order valence-corrected chi connectivity index (χ1v) is 4.49. The largest absolute Gasteiger partial charge is 0.466 e. The topological polar surface area (TPSA) is 64.6 Å². The van der Waals surface area contributed by atoms with Gasteiger partial charge in [-0.1, -0.05) is 6.58 Å². The van der Waals surface area contributed by atoms with Gasteiger partial charge in [0, 0.05) is 5.57 Å². The Labute approximate surface area is 89.4 Å². The van der Waals surface area contributed by atoms with Gasteiger partial charge >= 0.3 is 12.1 Å². The highest BCUT2D eigenvalue weighted by Gasteiger charge is 2.16. The van der Waals surface area contributed by atoms with Gasteiger partial charge in [-0.05, 0) is 20.8 Å². The predicted molar refractivity (Wildman–Crippen MR) is 55.4 cm³/mol. The molecule has 0 fully saturated rings. The van der Waals surface area contributed by atoms with Gasteiger partial charge in [0.2, 0.25) is 0 Å². The van der Waals surface area contributed by atoms with E-state index in [2.05, 4.69) is 16.6 Å². The zero-order chi connectivity index (χ0) is 12.1. The molecule has 0 unspecified atom stereocenters. The smallest absolute Gasteiger partial charge is 0.407 e. The maximum atomic E-state index is 11.1. The lowest BCUT2D eigenvalue weighted by molar-refractivity contribution is -0.136. The van der Waals surface area contributed by atoms with Gasteiger partial charge in [0.25, 0.3) is 0 Å². The van der Waals surface area contributed by atoms with Gasteiger partial charge in [-0.2, -0.15) is 0 Å². The molecule has 0 radical (unpaired) electrons. The Hall–Kier alpha value is -1.52. The number of hydrogen-bond donors (Lipinski definition) is 1. The summed E-state index contributed by atoms with van der Waals surface area (Å²) in [6.07, 6.45) is -0.590. The molecular weight excluding hydrogens is 198 g/mol. The SMILES string of the molecule is C=C(CNC(=O)OC(C)(C)C)C(=O)OC. The maximum Gasteiger partial charge on any atom is 0.407 e. The number of carbonyl (C=O) groups excluding carboxylic acids is 2. The van der Waals surface area contributed by atoms with E-state index in [-0.39, 0.29) is 12.1 Å². The first-order chi connectivity index (χ1) is 6.76. The van der Waals surface area contributed by atoms with Crippen LogP contribution in [-0.4, -0.2) is 31.3 Å². The van der Waals surface area contributed by atoms with Crippen molar-refractivity contribution in [2.45, 2.75) is 26.4 Å². The molecule has 5 heteroatoms. The van der Waals surface area contributed by atoms with Crippen LogP contribution in [0, 0.1) is 0 Å². The summed E-state index contributed by atoms with van der Waals surface area (Å²) in [7, 11) is 1.25. The van der Waals surface area contributed by atoms with Crippen LogP contribution in [0.15, 0.2) is 12.2 Å². The number of esters is 1. The molecule has 0 aliphatic rings. The van der Waals surface area contributed by atoms with Crippen LogP contribution in [0.3, 0.4) is 0 Å². The van der Waals surface area contributed by atoms with Gasteiger partial charge in [0.15, 0.2) is 0 Å². The Balaban J connectivity index is 3.92. The zero-order valence-electron chi connectivity index (χ0n) is 9.55. The normalized spacial score (nSPS) is 10.4. The van der Waals surface area contributed by atoms with Gasteiger partial charge in [-0.15, -0.1) is 0 Å². The second-order valence-electron chi connectivity index (χ2n) is 3.95. The minimum atomic E-state index is -0.590. The highest BCUT2D eigenvalue weighted by atomic mass is 16.6. The highest BCUT2D eigenvalue weighted by Crippen LogP contribution is 2.06. The second-order valence-corrected chi connectivity index (χ2v) is 3.95. The van der Waals surface area contributed by atoms with Gasteiger partial charge < -0.3 is 14.8 Å². The molecule has 86 valence electrons. The van der Waals surface area contributed by atoms with Crippen LogP contribution in [0.1, 0.15) is 20.8 Å². The molecule has 0 aromatic heterocycles. The highest BCUT2D eigenvalue weighted by molar-refractivity contribution is 5.88. The fraction of sp³-hybridized carbons (Fsp3) is 0.600. The summed E-state index contributed by atoms with van der Waals surface area (Å²) in [5.41, 5.74) is -0.389. The number of hydrogen-bond acceptors (Lipinski definition) is 4. The number of rotatable bonds is 3. The molecule has 15 heavy (non-hydrogen) atoms. The van der Waals surface area contributed by atoms with E-state index < -0.39 is 17.7 Å². The monoisotopic (exact) mass is 215 g/mol. The van der Waals surface area contributed by atoms with Crippen LogP contribution in [0.25, 0.3) is 0 Å². The van der Waals surface area contributed by atoms with E-state index >= 15 is 0 Å². The van der Waals surface area contributed by atoms with E-state index in [0.717, 1.165) is 0 Å². The van der Waals surface area contributed by atoms with Crippen molar-refractivity contribution in [1.29, 1.82) is 0 Å². The van der Waals surface area contributed by atoms with Crippen molar-refractivity contribution in [2.75, 3.05) is 13.7 Å². The molecule has 0 saturated carbocycles. The van der Waals surface area contributed by atoms with Crippen LogP contribution < -0.4 is 5.32 Å². The molecule has 0 rings (SSSR count). The molecule has 0 aromatic carbocycles. The number of nitrogens with one attached hydrogen (secondary N) is 1. The average molecular weight is 215 g/mol. The Morgan fingerprint density at radius 2 is 1.87 bits per heavy atom. The Bertz CT molecular complexity index is 265. The molecule has 0 aliphatic heterocycles. The first-order valence-electron chi connectivity index (χ1n) is 4.49.